The zero-order valence-electron chi connectivity index (χ0n) is 29.3. The van der Waals surface area contributed by atoms with Gasteiger partial charge in [-0.1, -0.05) is 133 Å². The highest BCUT2D eigenvalue weighted by Crippen LogP contribution is 2.46. The maximum atomic E-state index is 6.35. The van der Waals surface area contributed by atoms with Crippen LogP contribution >= 0.6 is 11.3 Å². The third-order valence-corrected chi connectivity index (χ3v) is 11.9. The van der Waals surface area contributed by atoms with Crippen LogP contribution in [0.4, 0.5) is 11.4 Å². The minimum Gasteiger partial charge on any atom is -0.489 e. The molecule has 2 nitrogen and oxygen atoms in total. The Morgan fingerprint density at radius 3 is 2.23 bits per heavy atom. The Morgan fingerprint density at radius 1 is 0.604 bits per heavy atom. The summed E-state index contributed by atoms with van der Waals surface area (Å²) in [6.07, 6.45) is 14.2. The van der Waals surface area contributed by atoms with E-state index >= 15 is 0 Å². The monoisotopic (exact) mass is 699 g/mol. The predicted octanol–water partition coefficient (Wildman–Crippen LogP) is 13.9. The van der Waals surface area contributed by atoms with Crippen LogP contribution < -0.4 is 9.64 Å². The fourth-order valence-corrected chi connectivity index (χ4v) is 9.33. The summed E-state index contributed by atoms with van der Waals surface area (Å²) in [6, 6.07) is 53.1. The molecule has 1 aliphatic heterocycles. The van der Waals surface area contributed by atoms with Gasteiger partial charge in [0.1, 0.15) is 12.4 Å². The number of benzene rings is 7. The Bertz CT molecular complexity index is 2810. The van der Waals surface area contributed by atoms with E-state index in [0.29, 0.717) is 6.61 Å². The summed E-state index contributed by atoms with van der Waals surface area (Å²) in [4.78, 5) is 2.54. The minimum absolute atomic E-state index is 0.523. The van der Waals surface area contributed by atoms with Gasteiger partial charge >= 0.3 is 0 Å². The molecule has 0 unspecified atom stereocenters. The third kappa shape index (κ3) is 5.74. The summed E-state index contributed by atoms with van der Waals surface area (Å²) < 4.78 is 8.97. The second kappa shape index (κ2) is 13.4. The molecule has 0 N–H and O–H groups in total. The second-order valence-corrected chi connectivity index (χ2v) is 14.9. The van der Waals surface area contributed by atoms with Crippen LogP contribution in [0.25, 0.3) is 52.8 Å². The van der Waals surface area contributed by atoms with Gasteiger partial charge in [0.25, 0.3) is 0 Å². The van der Waals surface area contributed by atoms with Crippen LogP contribution in [0.2, 0.25) is 0 Å². The van der Waals surface area contributed by atoms with Crippen molar-refractivity contribution < 1.29 is 4.74 Å². The number of thiophene rings is 1. The average Bonchev–Trinajstić information content (AvgIpc) is 3.64. The van der Waals surface area contributed by atoms with E-state index in [0.717, 1.165) is 30.7 Å². The Morgan fingerprint density at radius 2 is 1.34 bits per heavy atom. The van der Waals surface area contributed by atoms with Gasteiger partial charge in [0, 0.05) is 32.4 Å². The quantitative estimate of drug-likeness (QED) is 0.177. The van der Waals surface area contributed by atoms with Crippen molar-refractivity contribution in [3.8, 4) is 16.9 Å². The molecule has 8 aromatic rings. The largest absolute Gasteiger partial charge is 0.489 e. The van der Waals surface area contributed by atoms with E-state index in [1.807, 2.05) is 11.3 Å². The lowest BCUT2D eigenvalue weighted by molar-refractivity contribution is 0.360. The van der Waals surface area contributed by atoms with Crippen molar-refractivity contribution in [1.82, 2.24) is 0 Å². The normalized spacial score (nSPS) is 16.1. The first-order chi connectivity index (χ1) is 26.3. The van der Waals surface area contributed by atoms with Crippen LogP contribution in [-0.4, -0.2) is 6.61 Å². The van der Waals surface area contributed by atoms with Crippen molar-refractivity contribution in [2.75, 3.05) is 11.5 Å². The molecule has 0 bridgehead atoms. The number of allylic oxidation sites excluding steroid dienone is 7. The molecule has 1 aliphatic carbocycles. The first kappa shape index (κ1) is 31.6. The molecule has 7 aromatic carbocycles. The molecule has 10 rings (SSSR count). The third-order valence-electron chi connectivity index (χ3n) is 10.7. The van der Waals surface area contributed by atoms with Gasteiger partial charge in [0.15, 0.2) is 0 Å². The van der Waals surface area contributed by atoms with E-state index in [1.54, 1.807) is 0 Å². The molecule has 0 fully saturated rings. The minimum atomic E-state index is 0.523. The smallest absolute Gasteiger partial charge is 0.123 e. The molecule has 3 heteroatoms. The lowest BCUT2D eigenvalue weighted by Gasteiger charge is -2.32. The van der Waals surface area contributed by atoms with Crippen LogP contribution in [0.1, 0.15) is 18.4 Å². The van der Waals surface area contributed by atoms with E-state index in [9.17, 15) is 0 Å². The van der Waals surface area contributed by atoms with Crippen molar-refractivity contribution in [1.29, 1.82) is 0 Å². The van der Waals surface area contributed by atoms with Gasteiger partial charge in [0.2, 0.25) is 0 Å². The highest BCUT2D eigenvalue weighted by Gasteiger charge is 2.24. The molecule has 0 amide bonds. The maximum absolute atomic E-state index is 6.35. The first-order valence-corrected chi connectivity index (χ1v) is 19.3. The van der Waals surface area contributed by atoms with Crippen LogP contribution in [0.15, 0.2) is 193 Å². The summed E-state index contributed by atoms with van der Waals surface area (Å²) in [5.74, 6) is 0.962. The van der Waals surface area contributed by atoms with Gasteiger partial charge in [-0.2, -0.15) is 0 Å². The fourth-order valence-electron chi connectivity index (χ4n) is 8.12. The molecular weight excluding hydrogens is 663 g/mol. The summed E-state index contributed by atoms with van der Waals surface area (Å²) in [7, 11) is 0. The summed E-state index contributed by atoms with van der Waals surface area (Å²) >= 11 is 1.89. The maximum Gasteiger partial charge on any atom is 0.123 e. The Labute approximate surface area is 313 Å². The van der Waals surface area contributed by atoms with Crippen molar-refractivity contribution >= 4 is 64.4 Å². The van der Waals surface area contributed by atoms with Gasteiger partial charge in [0.05, 0.1) is 10.4 Å². The van der Waals surface area contributed by atoms with Crippen molar-refractivity contribution in [3.05, 3.63) is 198 Å². The average molecular weight is 700 g/mol. The van der Waals surface area contributed by atoms with E-state index in [4.69, 9.17) is 4.74 Å². The van der Waals surface area contributed by atoms with Gasteiger partial charge in [-0.05, 0) is 106 Å². The molecule has 0 saturated carbocycles. The number of hydrogen-bond acceptors (Lipinski definition) is 3. The van der Waals surface area contributed by atoms with E-state index in [-0.39, 0.29) is 0 Å². The number of hydrogen-bond donors (Lipinski definition) is 0. The SMILES string of the molecule is C1=CC(C2=C/Cc3cc4ccccc4cc3OC/C=C\2)=C(N(c2ccc(-c3cccc4ccccc34)cc2)c2cccc3c2sc2ccccc23)CC1. The fraction of sp³-hybridized carbons (Fsp3) is 0.0800. The number of rotatable bonds is 5. The zero-order valence-corrected chi connectivity index (χ0v) is 30.2. The molecule has 2 heterocycles. The summed E-state index contributed by atoms with van der Waals surface area (Å²) in [6.45, 7) is 0.523. The topological polar surface area (TPSA) is 12.5 Å². The standard InChI is InChI=1S/C50H37NOS/c1-2-14-38-33-48-39(32-37(38)13-1)26-25-35(16-11-31-52-48)43-18-5-7-22-46(43)51(47-23-10-21-45-44-19-6-8-24-49(44)53-50(45)47)40-29-27-36(28-30-40)42-20-9-15-34-12-3-4-17-41(34)42/h1-6,8-21,23-25,27-30,32-33H,7,22,26,31H2/b16-11-,35-25+. The molecule has 0 spiro atoms. The van der Waals surface area contributed by atoms with E-state index < -0.39 is 0 Å². The van der Waals surface area contributed by atoms with Crippen molar-refractivity contribution in [2.45, 2.75) is 19.3 Å². The Balaban J connectivity index is 1.15. The van der Waals surface area contributed by atoms with Crippen LogP contribution in [0.5, 0.6) is 5.75 Å². The molecule has 0 radical (unpaired) electrons. The molecule has 254 valence electrons. The van der Waals surface area contributed by atoms with Crippen molar-refractivity contribution in [3.63, 3.8) is 0 Å². The highest BCUT2D eigenvalue weighted by atomic mass is 32.1. The Kier molecular flexibility index (Phi) is 8.00. The van der Waals surface area contributed by atoms with Gasteiger partial charge in [-0.15, -0.1) is 11.3 Å². The van der Waals surface area contributed by atoms with Crippen LogP contribution in [0.3, 0.4) is 0 Å². The van der Waals surface area contributed by atoms with Gasteiger partial charge in [-0.25, -0.2) is 0 Å². The molecule has 1 aromatic heterocycles. The number of anilines is 2. The van der Waals surface area contributed by atoms with Crippen LogP contribution in [0, 0.1) is 0 Å². The predicted molar refractivity (Wildman–Crippen MR) is 227 cm³/mol. The van der Waals surface area contributed by atoms with E-state index in [2.05, 4.69) is 181 Å². The summed E-state index contributed by atoms with van der Waals surface area (Å²) in [5.41, 5.74) is 9.86. The number of fused-ring (bicyclic) bond motifs is 6. The van der Waals surface area contributed by atoms with Gasteiger partial charge in [-0.3, -0.25) is 0 Å². The zero-order chi connectivity index (χ0) is 35.1. The molecule has 2 aliphatic rings. The summed E-state index contributed by atoms with van der Waals surface area (Å²) in [5, 5.41) is 7.59. The highest BCUT2D eigenvalue weighted by molar-refractivity contribution is 7.26. The lowest BCUT2D eigenvalue weighted by atomic mass is 9.92. The Hall–Kier alpha value is -6.16. The lowest BCUT2D eigenvalue weighted by Crippen LogP contribution is -2.20. The van der Waals surface area contributed by atoms with Crippen LogP contribution in [-0.2, 0) is 6.42 Å². The second-order valence-electron chi connectivity index (χ2n) is 13.8. The molecular formula is C50H37NOS. The van der Waals surface area contributed by atoms with Gasteiger partial charge < -0.3 is 9.64 Å². The van der Waals surface area contributed by atoms with Crippen molar-refractivity contribution in [2.24, 2.45) is 0 Å². The number of ether oxygens (including phenoxy) is 1. The van der Waals surface area contributed by atoms with E-state index in [1.165, 1.54) is 80.9 Å². The molecule has 53 heavy (non-hydrogen) atoms. The molecule has 0 saturated heterocycles. The number of nitrogens with zero attached hydrogens (tertiary/aromatic N) is 1. The first-order valence-electron chi connectivity index (χ1n) is 18.5. The molecule has 0 atom stereocenters.